The number of alkyl halides is 2. The third kappa shape index (κ3) is 2.92. The van der Waals surface area contributed by atoms with Crippen molar-refractivity contribution in [2.45, 2.75) is 18.1 Å². The Morgan fingerprint density at radius 1 is 1.53 bits per heavy atom. The molecule has 1 aromatic rings. The summed E-state index contributed by atoms with van der Waals surface area (Å²) in [4.78, 5) is 25.7. The molecule has 10 heteroatoms. The van der Waals surface area contributed by atoms with E-state index in [9.17, 15) is 18.4 Å². The van der Waals surface area contributed by atoms with Crippen LogP contribution in [0.4, 0.5) is 14.6 Å². The number of nitrogen functional groups attached to an aromatic ring is 1. The topological polar surface area (TPSA) is 139 Å². The number of hydrogen-bond acceptors (Lipinski definition) is 7. The van der Waals surface area contributed by atoms with Crippen molar-refractivity contribution in [3.63, 3.8) is 0 Å². The average Bonchev–Trinajstić information content (AvgIpc) is 2.36. The Bertz CT molecular complexity index is 533. The maximum Gasteiger partial charge on any atom is 0.356 e. The van der Waals surface area contributed by atoms with E-state index in [0.717, 1.165) is 6.07 Å². The first-order chi connectivity index (χ1) is 8.71. The van der Waals surface area contributed by atoms with Gasteiger partial charge in [-0.3, -0.25) is 4.79 Å². The lowest BCUT2D eigenvalue weighted by Crippen LogP contribution is -2.53. The average molecular weight is 279 g/mol. The van der Waals surface area contributed by atoms with Crippen molar-refractivity contribution in [2.24, 2.45) is 0 Å². The van der Waals surface area contributed by atoms with E-state index in [4.69, 9.17) is 21.1 Å². The lowest BCUT2D eigenvalue weighted by molar-refractivity contribution is -0.136. The molecule has 0 bridgehead atoms. The van der Waals surface area contributed by atoms with Gasteiger partial charge in [0.2, 0.25) is 0 Å². The Balaban J connectivity index is 3.14. The number of hydrogen-bond donors (Lipinski definition) is 4. The molecule has 1 aromatic heterocycles. The van der Waals surface area contributed by atoms with E-state index < -0.39 is 36.3 Å². The fourth-order valence-corrected chi connectivity index (χ4v) is 1.20. The second-order valence-electron chi connectivity index (χ2n) is 3.63. The fraction of sp³-hybridized carbons (Fsp3) is 0.444. The number of aliphatic hydroxyl groups is 3. The van der Waals surface area contributed by atoms with Crippen LogP contribution in [0.2, 0.25) is 0 Å². The Morgan fingerprint density at radius 3 is 2.58 bits per heavy atom. The summed E-state index contributed by atoms with van der Waals surface area (Å²) >= 11 is 0. The molecule has 0 saturated heterocycles. The highest BCUT2D eigenvalue weighted by atomic mass is 19.3. The molecule has 1 heterocycles. The number of aromatic nitrogens is 2. The second-order valence-corrected chi connectivity index (χ2v) is 3.63. The molecule has 0 aromatic carbocycles. The summed E-state index contributed by atoms with van der Waals surface area (Å²) in [5.74, 6) is -6.85. The van der Waals surface area contributed by atoms with Crippen molar-refractivity contribution in [1.29, 1.82) is 0 Å². The van der Waals surface area contributed by atoms with E-state index in [1.165, 1.54) is 0 Å². The molecule has 0 spiro atoms. The zero-order valence-electron chi connectivity index (χ0n) is 9.40. The van der Waals surface area contributed by atoms with Gasteiger partial charge in [0.15, 0.2) is 6.10 Å². The molecule has 0 amide bonds. The molecular formula is C9H11F2N3O5. The van der Waals surface area contributed by atoms with Gasteiger partial charge >= 0.3 is 17.5 Å². The zero-order chi connectivity index (χ0) is 14.8. The minimum Gasteiger partial charge on any atom is -0.394 e. The van der Waals surface area contributed by atoms with Crippen LogP contribution < -0.4 is 11.4 Å². The van der Waals surface area contributed by atoms with Crippen LogP contribution >= 0.6 is 0 Å². The van der Waals surface area contributed by atoms with Gasteiger partial charge in [-0.1, -0.05) is 0 Å². The number of nitrogens with zero attached hydrogens (tertiary/aromatic N) is 2. The van der Waals surface area contributed by atoms with Gasteiger partial charge in [0.1, 0.15) is 11.9 Å². The summed E-state index contributed by atoms with van der Waals surface area (Å²) in [5, 5.41) is 26.5. The first-order valence-electron chi connectivity index (χ1n) is 4.96. The molecular weight excluding hydrogens is 268 g/mol. The summed E-state index contributed by atoms with van der Waals surface area (Å²) < 4.78 is 27.0. The number of anilines is 1. The molecule has 106 valence electrons. The van der Waals surface area contributed by atoms with Crippen molar-refractivity contribution in [1.82, 2.24) is 9.55 Å². The van der Waals surface area contributed by atoms with Gasteiger partial charge in [0, 0.05) is 6.20 Å². The van der Waals surface area contributed by atoms with Crippen LogP contribution in [0.3, 0.4) is 0 Å². The monoisotopic (exact) mass is 279 g/mol. The lowest BCUT2D eigenvalue weighted by atomic mass is 10.1. The molecule has 0 aliphatic carbocycles. The van der Waals surface area contributed by atoms with Gasteiger partial charge in [-0.05, 0) is 6.07 Å². The Labute approximate surface area is 104 Å². The summed E-state index contributed by atoms with van der Waals surface area (Å²) in [6.07, 6.45) is -4.44. The number of nitrogens with two attached hydrogens (primary N) is 1. The van der Waals surface area contributed by atoms with Crippen LogP contribution in [0.5, 0.6) is 0 Å². The molecule has 0 fully saturated rings. The van der Waals surface area contributed by atoms with Gasteiger partial charge in [0.25, 0.3) is 0 Å². The standard InChI is InChI=1S/C9H11F2N3O5/c10-9(11,6(17)4(16)3-15)7(18)14-2-1-5(12)13-8(14)19/h1-2,4,6,15-17H,3H2,(H2,12,13,19)/t4-,6+/m1/s1. The van der Waals surface area contributed by atoms with Gasteiger partial charge < -0.3 is 21.1 Å². The number of aliphatic hydroxyl groups excluding tert-OH is 3. The normalized spacial score (nSPS) is 15.0. The van der Waals surface area contributed by atoms with Crippen molar-refractivity contribution in [3.8, 4) is 0 Å². The fourth-order valence-electron chi connectivity index (χ4n) is 1.20. The summed E-state index contributed by atoms with van der Waals surface area (Å²) in [5.41, 5.74) is 3.77. The highest BCUT2D eigenvalue weighted by Crippen LogP contribution is 2.23. The molecule has 8 nitrogen and oxygen atoms in total. The summed E-state index contributed by atoms with van der Waals surface area (Å²) in [6, 6.07) is 0.935. The Hall–Kier alpha value is -1.91. The van der Waals surface area contributed by atoms with E-state index in [0.29, 0.717) is 6.20 Å². The molecule has 0 radical (unpaired) electrons. The number of halogens is 2. The molecule has 0 aliphatic heterocycles. The third-order valence-electron chi connectivity index (χ3n) is 2.25. The predicted molar refractivity (Wildman–Crippen MR) is 57.6 cm³/mol. The van der Waals surface area contributed by atoms with Gasteiger partial charge in [0.05, 0.1) is 6.61 Å². The largest absolute Gasteiger partial charge is 0.394 e. The van der Waals surface area contributed by atoms with E-state index in [2.05, 4.69) is 4.98 Å². The van der Waals surface area contributed by atoms with Gasteiger partial charge in [-0.2, -0.15) is 13.8 Å². The molecule has 1 rings (SSSR count). The maximum absolute atomic E-state index is 13.5. The van der Waals surface area contributed by atoms with Crippen LogP contribution in [0, 0.1) is 0 Å². The molecule has 0 aliphatic rings. The minimum absolute atomic E-state index is 0.0519. The molecule has 5 N–H and O–H groups in total. The van der Waals surface area contributed by atoms with E-state index in [1.54, 1.807) is 0 Å². The number of carbonyl (C=O) groups is 1. The Kier molecular flexibility index (Phi) is 4.29. The second kappa shape index (κ2) is 5.38. The van der Waals surface area contributed by atoms with E-state index in [1.807, 2.05) is 0 Å². The lowest BCUT2D eigenvalue weighted by Gasteiger charge is -2.24. The van der Waals surface area contributed by atoms with Crippen molar-refractivity contribution >= 4 is 11.7 Å². The smallest absolute Gasteiger partial charge is 0.356 e. The highest BCUT2D eigenvalue weighted by Gasteiger charge is 2.50. The van der Waals surface area contributed by atoms with Crippen molar-refractivity contribution in [2.75, 3.05) is 12.3 Å². The molecule has 2 atom stereocenters. The first kappa shape index (κ1) is 15.1. The van der Waals surface area contributed by atoms with Crippen LogP contribution in [-0.4, -0.2) is 55.5 Å². The maximum atomic E-state index is 13.5. The minimum atomic E-state index is -4.48. The Morgan fingerprint density at radius 2 is 2.11 bits per heavy atom. The van der Waals surface area contributed by atoms with E-state index >= 15 is 0 Å². The van der Waals surface area contributed by atoms with Crippen LogP contribution in [0.15, 0.2) is 17.1 Å². The first-order valence-corrected chi connectivity index (χ1v) is 4.96. The molecule has 0 unspecified atom stereocenters. The predicted octanol–water partition coefficient (Wildman–Crippen LogP) is -2.18. The molecule has 19 heavy (non-hydrogen) atoms. The zero-order valence-corrected chi connectivity index (χ0v) is 9.40. The van der Waals surface area contributed by atoms with Crippen molar-refractivity contribution < 1.29 is 28.9 Å². The van der Waals surface area contributed by atoms with Crippen LogP contribution in [-0.2, 0) is 0 Å². The number of carbonyl (C=O) groups excluding carboxylic acids is 1. The summed E-state index contributed by atoms with van der Waals surface area (Å²) in [7, 11) is 0. The van der Waals surface area contributed by atoms with Gasteiger partial charge in [-0.15, -0.1) is 0 Å². The van der Waals surface area contributed by atoms with Crippen LogP contribution in [0.25, 0.3) is 0 Å². The van der Waals surface area contributed by atoms with E-state index in [-0.39, 0.29) is 10.4 Å². The molecule has 0 saturated carbocycles. The van der Waals surface area contributed by atoms with Crippen LogP contribution in [0.1, 0.15) is 4.79 Å². The highest BCUT2D eigenvalue weighted by molar-refractivity contribution is 5.86. The summed E-state index contributed by atoms with van der Waals surface area (Å²) in [6.45, 7) is -1.18. The number of rotatable bonds is 4. The van der Waals surface area contributed by atoms with Gasteiger partial charge in [-0.25, -0.2) is 9.36 Å². The van der Waals surface area contributed by atoms with Crippen molar-refractivity contribution in [3.05, 3.63) is 22.7 Å². The quantitative estimate of drug-likeness (QED) is 0.491. The SMILES string of the molecule is Nc1ccn(C(=O)C(F)(F)[C@@H](O)[C@H](O)CO)c(=O)n1. The third-order valence-corrected chi connectivity index (χ3v) is 2.25.